The maximum absolute atomic E-state index is 13.5. The number of rotatable bonds is 5. The van der Waals surface area contributed by atoms with Crippen molar-refractivity contribution in [1.82, 2.24) is 5.32 Å². The van der Waals surface area contributed by atoms with Crippen LogP contribution in [0.25, 0.3) is 0 Å². The summed E-state index contributed by atoms with van der Waals surface area (Å²) < 4.78 is 13.5. The molecular weight excluding hydrogens is 263 g/mol. The van der Waals surface area contributed by atoms with E-state index in [0.717, 1.165) is 5.56 Å². The lowest BCUT2D eigenvalue weighted by Crippen LogP contribution is -2.45. The molecular formula is C14H19FN2O3. The molecule has 0 spiro atoms. The van der Waals surface area contributed by atoms with Crippen molar-refractivity contribution < 1.29 is 19.1 Å². The first kappa shape index (κ1) is 15.9. The summed E-state index contributed by atoms with van der Waals surface area (Å²) in [7, 11) is 0. The van der Waals surface area contributed by atoms with Gasteiger partial charge in [-0.2, -0.15) is 0 Å². The molecule has 1 rings (SSSR count). The Hall–Kier alpha value is -2.11. The first-order valence-electron chi connectivity index (χ1n) is 6.27. The highest BCUT2D eigenvalue weighted by Crippen LogP contribution is 2.16. The summed E-state index contributed by atoms with van der Waals surface area (Å²) >= 11 is 0. The SMILES string of the molecule is Cc1ccc(F)c(NC(=O)NC(C)(C)CCC(=O)O)c1. The first-order valence-corrected chi connectivity index (χ1v) is 6.27. The minimum Gasteiger partial charge on any atom is -0.481 e. The van der Waals surface area contributed by atoms with Gasteiger partial charge >= 0.3 is 12.0 Å². The van der Waals surface area contributed by atoms with E-state index >= 15 is 0 Å². The maximum atomic E-state index is 13.5. The van der Waals surface area contributed by atoms with Crippen LogP contribution in [-0.4, -0.2) is 22.6 Å². The van der Waals surface area contributed by atoms with Crippen LogP contribution < -0.4 is 10.6 Å². The zero-order valence-electron chi connectivity index (χ0n) is 11.8. The Morgan fingerprint density at radius 3 is 2.60 bits per heavy atom. The fraction of sp³-hybridized carbons (Fsp3) is 0.429. The van der Waals surface area contributed by atoms with Gasteiger partial charge in [-0.05, 0) is 44.9 Å². The summed E-state index contributed by atoms with van der Waals surface area (Å²) in [5.74, 6) is -1.45. The third-order valence-corrected chi connectivity index (χ3v) is 2.79. The van der Waals surface area contributed by atoms with Crippen molar-refractivity contribution in [3.05, 3.63) is 29.6 Å². The number of carbonyl (C=O) groups excluding carboxylic acids is 1. The average Bonchev–Trinajstić information content (AvgIpc) is 2.31. The van der Waals surface area contributed by atoms with Gasteiger partial charge in [-0.3, -0.25) is 4.79 Å². The second-order valence-electron chi connectivity index (χ2n) is 5.34. The van der Waals surface area contributed by atoms with Crippen LogP contribution in [0, 0.1) is 12.7 Å². The number of hydrogen-bond acceptors (Lipinski definition) is 2. The van der Waals surface area contributed by atoms with Crippen molar-refractivity contribution in [2.45, 2.75) is 39.2 Å². The summed E-state index contributed by atoms with van der Waals surface area (Å²) in [6.07, 6.45) is 0.234. The quantitative estimate of drug-likeness (QED) is 0.777. The predicted octanol–water partition coefficient (Wildman–Crippen LogP) is 2.90. The van der Waals surface area contributed by atoms with E-state index in [9.17, 15) is 14.0 Å². The zero-order valence-corrected chi connectivity index (χ0v) is 11.8. The van der Waals surface area contributed by atoms with Gasteiger partial charge in [0.15, 0.2) is 0 Å². The number of aryl methyl sites for hydroxylation is 1. The summed E-state index contributed by atoms with van der Waals surface area (Å²) in [6, 6.07) is 3.85. The molecule has 0 aliphatic rings. The van der Waals surface area contributed by atoms with Crippen LogP contribution in [0.2, 0.25) is 0 Å². The van der Waals surface area contributed by atoms with Crippen LogP contribution in [0.5, 0.6) is 0 Å². The van der Waals surface area contributed by atoms with Gasteiger partial charge in [0.1, 0.15) is 5.82 Å². The molecule has 0 aromatic heterocycles. The van der Waals surface area contributed by atoms with Gasteiger partial charge in [-0.15, -0.1) is 0 Å². The number of amides is 2. The van der Waals surface area contributed by atoms with Crippen LogP contribution in [0.15, 0.2) is 18.2 Å². The molecule has 1 aromatic rings. The van der Waals surface area contributed by atoms with Crippen molar-refractivity contribution in [3.8, 4) is 0 Å². The van der Waals surface area contributed by atoms with Gasteiger partial charge in [0.05, 0.1) is 5.69 Å². The normalized spacial score (nSPS) is 11.0. The molecule has 0 saturated heterocycles. The van der Waals surface area contributed by atoms with E-state index < -0.39 is 23.4 Å². The lowest BCUT2D eigenvalue weighted by atomic mass is 9.99. The Morgan fingerprint density at radius 1 is 1.35 bits per heavy atom. The molecule has 5 nitrogen and oxygen atoms in total. The molecule has 0 fully saturated rings. The molecule has 20 heavy (non-hydrogen) atoms. The van der Waals surface area contributed by atoms with Crippen LogP contribution in [0.1, 0.15) is 32.3 Å². The Bertz CT molecular complexity index is 515. The Labute approximate surface area is 117 Å². The fourth-order valence-corrected chi connectivity index (χ4v) is 1.68. The van der Waals surface area contributed by atoms with Crippen LogP contribution in [0.4, 0.5) is 14.9 Å². The van der Waals surface area contributed by atoms with Crippen LogP contribution in [0.3, 0.4) is 0 Å². The summed E-state index contributed by atoms with van der Waals surface area (Å²) in [6.45, 7) is 5.21. The van der Waals surface area contributed by atoms with E-state index in [1.807, 2.05) is 0 Å². The van der Waals surface area contributed by atoms with E-state index in [-0.39, 0.29) is 18.5 Å². The fourth-order valence-electron chi connectivity index (χ4n) is 1.68. The second-order valence-corrected chi connectivity index (χ2v) is 5.34. The molecule has 0 saturated carbocycles. The number of carboxylic acid groups (broad SMARTS) is 1. The summed E-state index contributed by atoms with van der Waals surface area (Å²) in [4.78, 5) is 22.3. The van der Waals surface area contributed by atoms with Gasteiger partial charge in [0.2, 0.25) is 0 Å². The monoisotopic (exact) mass is 282 g/mol. The smallest absolute Gasteiger partial charge is 0.319 e. The molecule has 2 amide bonds. The van der Waals surface area contributed by atoms with Gasteiger partial charge in [-0.1, -0.05) is 6.07 Å². The maximum Gasteiger partial charge on any atom is 0.319 e. The van der Waals surface area contributed by atoms with E-state index in [1.165, 1.54) is 12.1 Å². The number of carboxylic acids is 1. The number of benzene rings is 1. The van der Waals surface area contributed by atoms with Gasteiger partial charge < -0.3 is 15.7 Å². The number of carbonyl (C=O) groups is 2. The molecule has 6 heteroatoms. The topological polar surface area (TPSA) is 78.4 Å². The van der Waals surface area contributed by atoms with Crippen molar-refractivity contribution in [2.75, 3.05) is 5.32 Å². The van der Waals surface area contributed by atoms with Gasteiger partial charge in [0.25, 0.3) is 0 Å². The highest BCUT2D eigenvalue weighted by atomic mass is 19.1. The molecule has 0 heterocycles. The highest BCUT2D eigenvalue weighted by molar-refractivity contribution is 5.90. The Morgan fingerprint density at radius 2 is 2.00 bits per heavy atom. The number of anilines is 1. The summed E-state index contributed by atoms with van der Waals surface area (Å²) in [5, 5.41) is 13.7. The third kappa shape index (κ3) is 5.26. The van der Waals surface area contributed by atoms with Crippen molar-refractivity contribution >= 4 is 17.7 Å². The standard InChI is InChI=1S/C14H19FN2O3/c1-9-4-5-10(15)11(8-9)16-13(20)17-14(2,3)7-6-12(18)19/h4-5,8H,6-7H2,1-3H3,(H,18,19)(H2,16,17,20). The van der Waals surface area contributed by atoms with Crippen LogP contribution in [-0.2, 0) is 4.79 Å². The number of nitrogens with one attached hydrogen (secondary N) is 2. The summed E-state index contributed by atoms with van der Waals surface area (Å²) in [5.41, 5.74) is 0.228. The van der Waals surface area contributed by atoms with E-state index in [0.29, 0.717) is 0 Å². The largest absolute Gasteiger partial charge is 0.481 e. The molecule has 0 aliphatic heterocycles. The molecule has 3 N–H and O–H groups in total. The molecule has 1 aromatic carbocycles. The number of aliphatic carboxylic acids is 1. The lowest BCUT2D eigenvalue weighted by molar-refractivity contribution is -0.137. The lowest BCUT2D eigenvalue weighted by Gasteiger charge is -2.25. The molecule has 0 unspecified atom stereocenters. The van der Waals surface area contributed by atoms with E-state index in [4.69, 9.17) is 5.11 Å². The highest BCUT2D eigenvalue weighted by Gasteiger charge is 2.21. The number of hydrogen-bond donors (Lipinski definition) is 3. The van der Waals surface area contributed by atoms with Crippen molar-refractivity contribution in [3.63, 3.8) is 0 Å². The molecule has 0 atom stereocenters. The minimum absolute atomic E-state index is 0.0495. The molecule has 0 bridgehead atoms. The van der Waals surface area contributed by atoms with E-state index in [1.54, 1.807) is 26.8 Å². The van der Waals surface area contributed by atoms with E-state index in [2.05, 4.69) is 10.6 Å². The average molecular weight is 282 g/mol. The Kier molecular flexibility index (Phi) is 5.07. The minimum atomic E-state index is -0.926. The van der Waals surface area contributed by atoms with Crippen LogP contribution >= 0.6 is 0 Å². The second kappa shape index (κ2) is 6.36. The predicted molar refractivity (Wildman–Crippen MR) is 74.2 cm³/mol. The molecule has 0 radical (unpaired) electrons. The third-order valence-electron chi connectivity index (χ3n) is 2.79. The van der Waals surface area contributed by atoms with Gasteiger partial charge in [0, 0.05) is 12.0 Å². The van der Waals surface area contributed by atoms with Crippen molar-refractivity contribution in [1.29, 1.82) is 0 Å². The number of urea groups is 1. The van der Waals surface area contributed by atoms with Crippen molar-refractivity contribution in [2.24, 2.45) is 0 Å². The first-order chi connectivity index (χ1) is 9.19. The zero-order chi connectivity index (χ0) is 15.3. The van der Waals surface area contributed by atoms with Gasteiger partial charge in [-0.25, -0.2) is 9.18 Å². The molecule has 110 valence electrons. The number of halogens is 1. The Balaban J connectivity index is 2.63. The molecule has 0 aliphatic carbocycles.